The number of nitrogens with zero attached hydrogens (tertiary/aromatic N) is 1. The van der Waals surface area contributed by atoms with E-state index in [0.717, 1.165) is 41.6 Å². The molecule has 4 aromatic rings. The summed E-state index contributed by atoms with van der Waals surface area (Å²) in [5.74, 6) is 0.747. The van der Waals surface area contributed by atoms with Gasteiger partial charge >= 0.3 is 0 Å². The van der Waals surface area contributed by atoms with E-state index in [1.807, 2.05) is 68.4 Å². The molecule has 1 amide bonds. The quantitative estimate of drug-likeness (QED) is 0.348. The summed E-state index contributed by atoms with van der Waals surface area (Å²) in [5, 5.41) is 4.15. The van der Waals surface area contributed by atoms with Gasteiger partial charge in [-0.05, 0) is 56.0 Å². The van der Waals surface area contributed by atoms with E-state index in [1.165, 1.54) is 5.56 Å². The Morgan fingerprint density at radius 1 is 0.969 bits per heavy atom. The van der Waals surface area contributed by atoms with Gasteiger partial charge < -0.3 is 14.6 Å². The average molecular weight is 427 g/mol. The van der Waals surface area contributed by atoms with Crippen molar-refractivity contribution < 1.29 is 9.53 Å². The number of hydrogen-bond donors (Lipinski definition) is 1. The first-order valence-corrected chi connectivity index (χ1v) is 11.3. The van der Waals surface area contributed by atoms with Gasteiger partial charge in [0.1, 0.15) is 11.4 Å². The molecule has 3 aromatic carbocycles. The van der Waals surface area contributed by atoms with Crippen LogP contribution in [0.15, 0.2) is 84.9 Å². The maximum atomic E-state index is 13.3. The Bertz CT molecular complexity index is 1170. The van der Waals surface area contributed by atoms with Gasteiger partial charge in [0.2, 0.25) is 0 Å². The molecule has 1 atom stereocenters. The minimum Gasteiger partial charge on any atom is -0.493 e. The molecule has 32 heavy (non-hydrogen) atoms. The predicted molar refractivity (Wildman–Crippen MR) is 130 cm³/mol. The van der Waals surface area contributed by atoms with Crippen LogP contribution in [0.25, 0.3) is 10.9 Å². The highest BCUT2D eigenvalue weighted by Gasteiger charge is 2.19. The lowest BCUT2D eigenvalue weighted by molar-refractivity contribution is 0.0930. The maximum Gasteiger partial charge on any atom is 0.268 e. The molecule has 0 radical (unpaired) electrons. The van der Waals surface area contributed by atoms with E-state index in [4.69, 9.17) is 4.74 Å². The number of carbonyl (C=O) groups is 1. The van der Waals surface area contributed by atoms with Crippen molar-refractivity contribution in [1.29, 1.82) is 0 Å². The molecule has 4 heteroatoms. The Labute approximate surface area is 189 Å². The maximum absolute atomic E-state index is 13.3. The molecule has 0 bridgehead atoms. The number of rotatable bonds is 9. The summed E-state index contributed by atoms with van der Waals surface area (Å²) >= 11 is 0. The fraction of sp³-hybridized carbons (Fsp3) is 0.250. The van der Waals surface area contributed by atoms with Gasteiger partial charge in [-0.3, -0.25) is 4.79 Å². The molecular formula is C28H30N2O2. The van der Waals surface area contributed by atoms with E-state index >= 15 is 0 Å². The third-order valence-corrected chi connectivity index (χ3v) is 5.78. The van der Waals surface area contributed by atoms with Gasteiger partial charge in [0.05, 0.1) is 18.2 Å². The van der Waals surface area contributed by atoms with Crippen LogP contribution < -0.4 is 10.1 Å². The molecule has 1 aromatic heterocycles. The van der Waals surface area contributed by atoms with Gasteiger partial charge in [-0.2, -0.15) is 0 Å². The van der Waals surface area contributed by atoms with Crippen LogP contribution in [0.5, 0.6) is 5.75 Å². The number of benzene rings is 3. The van der Waals surface area contributed by atoms with Crippen LogP contribution in [-0.4, -0.2) is 17.1 Å². The van der Waals surface area contributed by atoms with Crippen molar-refractivity contribution in [3.8, 4) is 5.75 Å². The van der Waals surface area contributed by atoms with Crippen LogP contribution in [0.2, 0.25) is 0 Å². The van der Waals surface area contributed by atoms with E-state index in [-0.39, 0.29) is 11.9 Å². The molecule has 0 fully saturated rings. The van der Waals surface area contributed by atoms with E-state index in [1.54, 1.807) is 0 Å². The molecular weight excluding hydrogens is 396 g/mol. The lowest BCUT2D eigenvalue weighted by atomic mass is 10.1. The summed E-state index contributed by atoms with van der Waals surface area (Å²) < 4.78 is 7.98. The summed E-state index contributed by atoms with van der Waals surface area (Å²) in [7, 11) is 0. The smallest absolute Gasteiger partial charge is 0.268 e. The van der Waals surface area contributed by atoms with E-state index in [0.29, 0.717) is 12.3 Å². The number of fused-ring (bicyclic) bond motifs is 1. The lowest BCUT2D eigenvalue weighted by Crippen LogP contribution is -2.28. The van der Waals surface area contributed by atoms with Crippen molar-refractivity contribution in [2.24, 2.45) is 0 Å². The molecule has 0 saturated heterocycles. The Morgan fingerprint density at radius 2 is 1.69 bits per heavy atom. The van der Waals surface area contributed by atoms with Crippen molar-refractivity contribution in [2.45, 2.75) is 39.3 Å². The SMILES string of the molecule is CCOc1cccc2c1cc(C(=O)N[C@H](C)c1ccccc1)n2CCCc1ccccc1. The van der Waals surface area contributed by atoms with Crippen LogP contribution in [0.3, 0.4) is 0 Å². The molecule has 0 unspecified atom stereocenters. The number of amides is 1. The molecule has 4 rings (SSSR count). The standard InChI is InChI=1S/C28H30N2O2/c1-3-32-27-18-10-17-25-24(27)20-26(28(31)29-21(2)23-15-8-5-9-16-23)30(25)19-11-14-22-12-6-4-7-13-22/h4-10,12-13,15-18,20-21H,3,11,14,19H2,1-2H3,(H,29,31)/t21-/m1/s1. The Balaban J connectivity index is 1.62. The first-order valence-electron chi connectivity index (χ1n) is 11.3. The van der Waals surface area contributed by atoms with Crippen molar-refractivity contribution in [3.05, 3.63) is 102 Å². The highest BCUT2D eigenvalue weighted by Crippen LogP contribution is 2.30. The van der Waals surface area contributed by atoms with Crippen molar-refractivity contribution in [1.82, 2.24) is 9.88 Å². The van der Waals surface area contributed by atoms with Crippen molar-refractivity contribution in [2.75, 3.05) is 6.61 Å². The highest BCUT2D eigenvalue weighted by atomic mass is 16.5. The second kappa shape index (κ2) is 10.2. The van der Waals surface area contributed by atoms with Crippen LogP contribution in [0.1, 0.15) is 47.9 Å². The van der Waals surface area contributed by atoms with Gasteiger partial charge in [-0.15, -0.1) is 0 Å². The molecule has 0 aliphatic carbocycles. The van der Waals surface area contributed by atoms with Crippen LogP contribution in [-0.2, 0) is 13.0 Å². The van der Waals surface area contributed by atoms with Gasteiger partial charge in [0.15, 0.2) is 0 Å². The van der Waals surface area contributed by atoms with Gasteiger partial charge in [0, 0.05) is 11.9 Å². The van der Waals surface area contributed by atoms with Crippen LogP contribution in [0.4, 0.5) is 0 Å². The van der Waals surface area contributed by atoms with Crippen LogP contribution >= 0.6 is 0 Å². The van der Waals surface area contributed by atoms with E-state index in [2.05, 4.69) is 40.2 Å². The molecule has 0 saturated carbocycles. The Hall–Kier alpha value is -3.53. The Morgan fingerprint density at radius 3 is 2.41 bits per heavy atom. The zero-order valence-corrected chi connectivity index (χ0v) is 18.8. The Kier molecular flexibility index (Phi) is 6.90. The zero-order chi connectivity index (χ0) is 22.3. The van der Waals surface area contributed by atoms with E-state index in [9.17, 15) is 4.79 Å². The van der Waals surface area contributed by atoms with Gasteiger partial charge in [0.25, 0.3) is 5.91 Å². The fourth-order valence-corrected chi connectivity index (χ4v) is 4.15. The molecule has 0 spiro atoms. The molecule has 0 aliphatic heterocycles. The number of aromatic nitrogens is 1. The van der Waals surface area contributed by atoms with Crippen molar-refractivity contribution >= 4 is 16.8 Å². The topological polar surface area (TPSA) is 43.3 Å². The molecule has 4 nitrogen and oxygen atoms in total. The van der Waals surface area contributed by atoms with Crippen molar-refractivity contribution in [3.63, 3.8) is 0 Å². The number of hydrogen-bond acceptors (Lipinski definition) is 2. The minimum absolute atomic E-state index is 0.0697. The number of ether oxygens (including phenoxy) is 1. The number of carbonyl (C=O) groups excluding carboxylic acids is 1. The molecule has 1 heterocycles. The van der Waals surface area contributed by atoms with Crippen LogP contribution in [0, 0.1) is 0 Å². The van der Waals surface area contributed by atoms with Gasteiger partial charge in [-0.1, -0.05) is 66.7 Å². The third-order valence-electron chi connectivity index (χ3n) is 5.78. The zero-order valence-electron chi connectivity index (χ0n) is 18.8. The largest absolute Gasteiger partial charge is 0.493 e. The monoisotopic (exact) mass is 426 g/mol. The summed E-state index contributed by atoms with van der Waals surface area (Å²) in [4.78, 5) is 13.3. The first-order chi connectivity index (χ1) is 15.7. The molecule has 0 aliphatic rings. The summed E-state index contributed by atoms with van der Waals surface area (Å²) in [6.07, 6.45) is 1.91. The third kappa shape index (κ3) is 4.86. The average Bonchev–Trinajstić information content (AvgIpc) is 3.20. The second-order valence-electron chi connectivity index (χ2n) is 8.00. The highest BCUT2D eigenvalue weighted by molar-refractivity contribution is 6.00. The van der Waals surface area contributed by atoms with Gasteiger partial charge in [-0.25, -0.2) is 0 Å². The molecule has 1 N–H and O–H groups in total. The summed E-state index contributed by atoms with van der Waals surface area (Å²) in [6.45, 7) is 5.34. The predicted octanol–water partition coefficient (Wildman–Crippen LogP) is 6.16. The number of nitrogens with one attached hydrogen (secondary N) is 1. The summed E-state index contributed by atoms with van der Waals surface area (Å²) in [5.41, 5.74) is 4.09. The summed E-state index contributed by atoms with van der Waals surface area (Å²) in [6, 6.07) is 28.4. The van der Waals surface area contributed by atoms with E-state index < -0.39 is 0 Å². The second-order valence-corrected chi connectivity index (χ2v) is 8.00. The number of aryl methyl sites for hydroxylation is 2. The minimum atomic E-state index is -0.0779. The normalized spacial score (nSPS) is 11.9. The first kappa shape index (κ1) is 21.7. The molecule has 164 valence electrons. The lowest BCUT2D eigenvalue weighted by Gasteiger charge is -2.16. The fourth-order valence-electron chi connectivity index (χ4n) is 4.15.